The largest absolute Gasteiger partial charge is 0.551 e. The van der Waals surface area contributed by atoms with Crippen LogP contribution < -0.4 is 9.80 Å². The number of hydrogen-bond donors (Lipinski definition) is 1. The van der Waals surface area contributed by atoms with Crippen LogP contribution in [0.5, 0.6) is 0 Å². The van der Waals surface area contributed by atoms with Crippen LogP contribution >= 0.6 is 15.9 Å². The first-order valence-electron chi connectivity index (χ1n) is 5.04. The van der Waals surface area contributed by atoms with Crippen molar-refractivity contribution in [2.45, 2.75) is 0 Å². The molecule has 0 unspecified atom stereocenters. The van der Waals surface area contributed by atoms with Crippen molar-refractivity contribution in [3.8, 4) is 0 Å². The van der Waals surface area contributed by atoms with Crippen LogP contribution in [-0.2, 0) is 0 Å². The Hall–Kier alpha value is -1.35. The first kappa shape index (κ1) is 12.1. The topological polar surface area (TPSA) is 87.8 Å². The number of piperazine rings is 1. The average molecular weight is 306 g/mol. The maximum Gasteiger partial charge on any atom is 0.333 e. The van der Waals surface area contributed by atoms with Crippen molar-refractivity contribution in [3.05, 3.63) is 9.92 Å². The standard InChI is InChI=1S/C8H12BrN5O3/c1-12-2-4-13(5-3-12)14-6(9)7(17-11-14)10-8(15)16/h2-5H2,1H3,(H-,10,11,15,16). The molecule has 17 heavy (non-hydrogen) atoms. The van der Waals surface area contributed by atoms with E-state index in [0.717, 1.165) is 26.2 Å². The lowest BCUT2D eigenvalue weighted by Crippen LogP contribution is -2.65. The predicted molar refractivity (Wildman–Crippen MR) is 60.9 cm³/mol. The monoisotopic (exact) mass is 305 g/mol. The number of likely N-dealkylation sites (N-methyl/N-ethyl adjacent to an activating group) is 1. The smallest absolute Gasteiger partial charge is 0.333 e. The van der Waals surface area contributed by atoms with E-state index in [1.165, 1.54) is 4.79 Å². The van der Waals surface area contributed by atoms with Gasteiger partial charge in [-0.2, -0.15) is 0 Å². The summed E-state index contributed by atoms with van der Waals surface area (Å²) in [7, 11) is 2.05. The summed E-state index contributed by atoms with van der Waals surface area (Å²) in [6, 6.07) is 0. The molecule has 1 saturated heterocycles. The minimum atomic E-state index is -1.31. The van der Waals surface area contributed by atoms with Gasteiger partial charge in [0.2, 0.25) is 11.4 Å². The molecular formula is C8H12BrN5O3. The van der Waals surface area contributed by atoms with Crippen molar-refractivity contribution in [2.75, 3.05) is 38.2 Å². The molecule has 1 fully saturated rings. The van der Waals surface area contributed by atoms with Gasteiger partial charge >= 0.3 is 4.60 Å². The Bertz CT molecular complexity index is 415. The molecule has 94 valence electrons. The molecular weight excluding hydrogens is 294 g/mol. The number of carboxylic acid groups (broad SMARTS) is 1. The van der Waals surface area contributed by atoms with E-state index in [-0.39, 0.29) is 5.88 Å². The molecule has 0 atom stereocenters. The molecule has 2 heterocycles. The minimum Gasteiger partial charge on any atom is -0.551 e. The molecule has 0 saturated carbocycles. The summed E-state index contributed by atoms with van der Waals surface area (Å²) in [5.74, 6) is -0.0450. The fourth-order valence-corrected chi connectivity index (χ4v) is 2.00. The zero-order chi connectivity index (χ0) is 12.4. The van der Waals surface area contributed by atoms with Gasteiger partial charge in [0.1, 0.15) is 0 Å². The Morgan fingerprint density at radius 3 is 2.76 bits per heavy atom. The second kappa shape index (κ2) is 4.88. The van der Waals surface area contributed by atoms with Gasteiger partial charge in [0.15, 0.2) is 5.88 Å². The molecule has 1 aliphatic heterocycles. The normalized spacial score (nSPS) is 17.2. The molecule has 1 amide bonds. The Morgan fingerprint density at radius 1 is 1.53 bits per heavy atom. The molecule has 0 bridgehead atoms. The van der Waals surface area contributed by atoms with Gasteiger partial charge in [-0.05, 0) is 7.05 Å². The Balaban J connectivity index is 2.11. The second-order valence-corrected chi connectivity index (χ2v) is 4.46. The molecule has 8 nitrogen and oxygen atoms in total. The minimum absolute atomic E-state index is 0.0450. The number of carbonyl (C=O) groups is 1. The maximum absolute atomic E-state index is 10.4. The van der Waals surface area contributed by atoms with E-state index in [1.54, 1.807) is 0 Å². The lowest BCUT2D eigenvalue weighted by molar-refractivity contribution is -0.768. The average Bonchev–Trinajstić information content (AvgIpc) is 2.61. The van der Waals surface area contributed by atoms with Gasteiger partial charge < -0.3 is 19.8 Å². The fourth-order valence-electron chi connectivity index (χ4n) is 1.55. The number of amides is 1. The lowest BCUT2D eigenvalue weighted by Gasteiger charge is -2.26. The summed E-state index contributed by atoms with van der Waals surface area (Å²) < 4.78 is 5.26. The van der Waals surface area contributed by atoms with E-state index < -0.39 is 6.09 Å². The summed E-state index contributed by atoms with van der Waals surface area (Å²) in [5, 5.41) is 17.5. The van der Waals surface area contributed by atoms with Crippen LogP contribution in [0.1, 0.15) is 0 Å². The molecule has 9 heteroatoms. The van der Waals surface area contributed by atoms with Crippen molar-refractivity contribution in [1.82, 2.24) is 10.2 Å². The highest BCUT2D eigenvalue weighted by Gasteiger charge is 2.28. The lowest BCUT2D eigenvalue weighted by atomic mass is 10.4. The molecule has 0 aromatic carbocycles. The quantitative estimate of drug-likeness (QED) is 0.790. The van der Waals surface area contributed by atoms with Gasteiger partial charge in [0.05, 0.1) is 17.9 Å². The van der Waals surface area contributed by atoms with E-state index in [0.29, 0.717) is 4.60 Å². The third-order valence-electron chi connectivity index (χ3n) is 2.50. The summed E-state index contributed by atoms with van der Waals surface area (Å²) in [6.45, 7) is 3.41. The Morgan fingerprint density at radius 2 is 2.18 bits per heavy atom. The van der Waals surface area contributed by atoms with E-state index in [1.807, 2.05) is 12.1 Å². The maximum atomic E-state index is 10.4. The zero-order valence-corrected chi connectivity index (χ0v) is 10.8. The second-order valence-electron chi connectivity index (χ2n) is 3.71. The van der Waals surface area contributed by atoms with Crippen LogP contribution in [0, 0.1) is 0 Å². The number of rotatable bonds is 2. The van der Waals surface area contributed by atoms with Crippen molar-refractivity contribution in [2.24, 2.45) is 0 Å². The molecule has 2 rings (SSSR count). The first-order valence-corrected chi connectivity index (χ1v) is 5.83. The Kier molecular flexibility index (Phi) is 3.48. The van der Waals surface area contributed by atoms with Crippen molar-refractivity contribution < 1.29 is 19.2 Å². The third kappa shape index (κ3) is 2.67. The van der Waals surface area contributed by atoms with Gasteiger partial charge in [-0.15, -0.1) is 5.01 Å². The predicted octanol–water partition coefficient (Wildman–Crippen LogP) is 0.291. The SMILES string of the molecule is CN1CCN([n+]2noc([N-]C(=O)O)c2Br)CC1. The van der Waals surface area contributed by atoms with Gasteiger partial charge in [0, 0.05) is 29.0 Å². The van der Waals surface area contributed by atoms with Crippen molar-refractivity contribution in [1.29, 1.82) is 0 Å². The van der Waals surface area contributed by atoms with Crippen LogP contribution in [0.15, 0.2) is 9.13 Å². The highest BCUT2D eigenvalue weighted by Crippen LogP contribution is 2.25. The number of nitrogens with zero attached hydrogens (tertiary/aromatic N) is 5. The fraction of sp³-hybridized carbons (Fsp3) is 0.625. The van der Waals surface area contributed by atoms with E-state index >= 15 is 0 Å². The van der Waals surface area contributed by atoms with E-state index in [4.69, 9.17) is 9.63 Å². The number of aromatic nitrogens is 2. The van der Waals surface area contributed by atoms with Gasteiger partial charge in [0.25, 0.3) is 0 Å². The zero-order valence-electron chi connectivity index (χ0n) is 9.21. The summed E-state index contributed by atoms with van der Waals surface area (Å²) in [4.78, 5) is 14.1. The molecule has 0 spiro atoms. The molecule has 1 N–H and O–H groups in total. The highest BCUT2D eigenvalue weighted by atomic mass is 79.9. The summed E-state index contributed by atoms with van der Waals surface area (Å²) in [5.41, 5.74) is 0. The first-order chi connectivity index (χ1) is 8.08. The van der Waals surface area contributed by atoms with Crippen LogP contribution in [0.3, 0.4) is 0 Å². The highest BCUT2D eigenvalue weighted by molar-refractivity contribution is 9.10. The van der Waals surface area contributed by atoms with Crippen molar-refractivity contribution >= 4 is 27.9 Å². The van der Waals surface area contributed by atoms with Gasteiger partial charge in [-0.25, -0.2) is 0 Å². The van der Waals surface area contributed by atoms with Crippen molar-refractivity contribution in [3.63, 3.8) is 0 Å². The van der Waals surface area contributed by atoms with E-state index in [2.05, 4.69) is 31.4 Å². The molecule has 0 radical (unpaired) electrons. The van der Waals surface area contributed by atoms with Crippen LogP contribution in [0.2, 0.25) is 0 Å². The van der Waals surface area contributed by atoms with Gasteiger partial charge in [-0.1, -0.05) is 0 Å². The number of hydrogen-bond acceptors (Lipinski definition) is 5. The third-order valence-corrected chi connectivity index (χ3v) is 3.16. The molecule has 1 aliphatic rings. The van der Waals surface area contributed by atoms with Crippen LogP contribution in [0.25, 0.3) is 5.32 Å². The molecule has 1 aromatic heterocycles. The summed E-state index contributed by atoms with van der Waals surface area (Å²) >= 11 is 3.22. The van der Waals surface area contributed by atoms with Gasteiger partial charge in [-0.3, -0.25) is 4.79 Å². The molecule has 0 aliphatic carbocycles. The molecule has 1 aromatic rings. The van der Waals surface area contributed by atoms with Crippen LogP contribution in [0.4, 0.5) is 10.7 Å². The van der Waals surface area contributed by atoms with E-state index in [9.17, 15) is 4.79 Å². The van der Waals surface area contributed by atoms with Crippen LogP contribution in [-0.4, -0.2) is 54.6 Å². The summed E-state index contributed by atoms with van der Waals surface area (Å²) in [6.07, 6.45) is -1.31. The number of halogens is 1. The Labute approximate surface area is 106 Å².